The molecule has 1 aliphatic carbocycles. The molecular formula is C18H19NO3S. The molecule has 0 fully saturated rings. The van der Waals surface area contributed by atoms with Crippen molar-refractivity contribution in [1.29, 1.82) is 0 Å². The Morgan fingerprint density at radius 3 is 2.83 bits per heavy atom. The van der Waals surface area contributed by atoms with E-state index in [1.165, 1.54) is 11.1 Å². The number of ether oxygens (including phenoxy) is 1. The van der Waals surface area contributed by atoms with Crippen LogP contribution in [0, 0.1) is 0 Å². The van der Waals surface area contributed by atoms with Gasteiger partial charge in [0.1, 0.15) is 5.75 Å². The number of fused-ring (bicyclic) bond motifs is 2. The second-order valence-electron chi connectivity index (χ2n) is 6.18. The molecule has 4 nitrogen and oxygen atoms in total. The van der Waals surface area contributed by atoms with Crippen LogP contribution in [0.4, 0.5) is 0 Å². The SMILES string of the molecule is O=S(=O)(NCC1COc2ccccc21)c1ccc2c(c1)CCC2. The van der Waals surface area contributed by atoms with E-state index in [2.05, 4.69) is 4.72 Å². The smallest absolute Gasteiger partial charge is 0.240 e. The predicted octanol–water partition coefficient (Wildman–Crippen LogP) is 2.63. The Labute approximate surface area is 136 Å². The van der Waals surface area contributed by atoms with E-state index in [4.69, 9.17) is 4.74 Å². The maximum atomic E-state index is 12.5. The van der Waals surface area contributed by atoms with E-state index in [-0.39, 0.29) is 5.92 Å². The van der Waals surface area contributed by atoms with Crippen molar-refractivity contribution in [2.45, 2.75) is 30.1 Å². The summed E-state index contributed by atoms with van der Waals surface area (Å²) in [5.41, 5.74) is 3.52. The summed E-state index contributed by atoms with van der Waals surface area (Å²) in [6, 6.07) is 13.3. The van der Waals surface area contributed by atoms with Gasteiger partial charge in [0.05, 0.1) is 11.5 Å². The van der Waals surface area contributed by atoms with E-state index < -0.39 is 10.0 Å². The Balaban J connectivity index is 1.50. The summed E-state index contributed by atoms with van der Waals surface area (Å²) in [5.74, 6) is 0.921. The fourth-order valence-corrected chi connectivity index (χ4v) is 4.54. The van der Waals surface area contributed by atoms with Crippen LogP contribution in [-0.4, -0.2) is 21.6 Å². The van der Waals surface area contributed by atoms with Crippen LogP contribution in [0.5, 0.6) is 5.75 Å². The summed E-state index contributed by atoms with van der Waals surface area (Å²) in [6.07, 6.45) is 3.14. The first kappa shape index (κ1) is 14.7. The zero-order chi connectivity index (χ0) is 15.9. The molecule has 0 amide bonds. The molecule has 0 bridgehead atoms. The highest BCUT2D eigenvalue weighted by Crippen LogP contribution is 2.33. The lowest BCUT2D eigenvalue weighted by molar-refractivity contribution is 0.330. The second kappa shape index (κ2) is 5.65. The molecule has 1 unspecified atom stereocenters. The normalized spacial score (nSPS) is 19.2. The van der Waals surface area contributed by atoms with Gasteiger partial charge in [0.15, 0.2) is 0 Å². The van der Waals surface area contributed by atoms with Crippen LogP contribution in [0.3, 0.4) is 0 Å². The average molecular weight is 329 g/mol. The second-order valence-corrected chi connectivity index (χ2v) is 7.95. The summed E-state index contributed by atoms with van der Waals surface area (Å²) in [5, 5.41) is 0. The molecule has 2 aliphatic rings. The van der Waals surface area contributed by atoms with Gasteiger partial charge in [-0.1, -0.05) is 24.3 Å². The molecular weight excluding hydrogens is 310 g/mol. The van der Waals surface area contributed by atoms with Crippen molar-refractivity contribution >= 4 is 10.0 Å². The van der Waals surface area contributed by atoms with E-state index in [1.54, 1.807) is 6.07 Å². The minimum absolute atomic E-state index is 0.0652. The fraction of sp³-hybridized carbons (Fsp3) is 0.333. The lowest BCUT2D eigenvalue weighted by atomic mass is 10.0. The van der Waals surface area contributed by atoms with Crippen LogP contribution in [0.15, 0.2) is 47.4 Å². The summed E-state index contributed by atoms with van der Waals surface area (Å²) >= 11 is 0. The highest BCUT2D eigenvalue weighted by Gasteiger charge is 2.26. The molecule has 5 heteroatoms. The lowest BCUT2D eigenvalue weighted by Crippen LogP contribution is -2.29. The molecule has 0 radical (unpaired) electrons. The summed E-state index contributed by atoms with van der Waals surface area (Å²) in [4.78, 5) is 0.366. The summed E-state index contributed by atoms with van der Waals surface area (Å²) in [6.45, 7) is 0.877. The average Bonchev–Trinajstić information content (AvgIpc) is 3.19. The molecule has 1 heterocycles. The van der Waals surface area contributed by atoms with Crippen molar-refractivity contribution in [3.8, 4) is 5.75 Å². The molecule has 1 aliphatic heterocycles. The third kappa shape index (κ3) is 2.75. The zero-order valence-corrected chi connectivity index (χ0v) is 13.6. The number of para-hydroxylation sites is 1. The molecule has 1 N–H and O–H groups in total. The van der Waals surface area contributed by atoms with Crippen molar-refractivity contribution in [2.75, 3.05) is 13.2 Å². The predicted molar refractivity (Wildman–Crippen MR) is 88.3 cm³/mol. The maximum Gasteiger partial charge on any atom is 0.240 e. The van der Waals surface area contributed by atoms with Gasteiger partial charge < -0.3 is 4.74 Å². The summed E-state index contributed by atoms with van der Waals surface area (Å²) in [7, 11) is -3.48. The van der Waals surface area contributed by atoms with Crippen LogP contribution < -0.4 is 9.46 Å². The number of benzene rings is 2. The zero-order valence-electron chi connectivity index (χ0n) is 12.8. The van der Waals surface area contributed by atoms with Crippen LogP contribution in [-0.2, 0) is 22.9 Å². The van der Waals surface area contributed by atoms with Crippen LogP contribution in [0.25, 0.3) is 0 Å². The number of hydrogen-bond donors (Lipinski definition) is 1. The number of nitrogens with one attached hydrogen (secondary N) is 1. The standard InChI is InChI=1S/C18H19NO3S/c20-23(21,16-9-8-13-4-3-5-14(13)10-16)19-11-15-12-22-18-7-2-1-6-17(15)18/h1-2,6-10,15,19H,3-5,11-12H2. The molecule has 0 aromatic heterocycles. The third-order valence-electron chi connectivity index (χ3n) is 4.70. The number of hydrogen-bond acceptors (Lipinski definition) is 3. The lowest BCUT2D eigenvalue weighted by Gasteiger charge is -2.12. The Morgan fingerprint density at radius 1 is 1.09 bits per heavy atom. The molecule has 0 saturated heterocycles. The largest absolute Gasteiger partial charge is 0.493 e. The van der Waals surface area contributed by atoms with Gasteiger partial charge in [-0.15, -0.1) is 0 Å². The van der Waals surface area contributed by atoms with Gasteiger partial charge in [-0.2, -0.15) is 0 Å². The van der Waals surface area contributed by atoms with E-state index in [0.29, 0.717) is 18.0 Å². The molecule has 2 aromatic carbocycles. The summed E-state index contributed by atoms with van der Waals surface area (Å²) < 4.78 is 33.4. The van der Waals surface area contributed by atoms with E-state index in [9.17, 15) is 8.42 Å². The Morgan fingerprint density at radius 2 is 1.91 bits per heavy atom. The molecule has 120 valence electrons. The minimum Gasteiger partial charge on any atom is -0.493 e. The quantitative estimate of drug-likeness (QED) is 0.938. The molecule has 0 saturated carbocycles. The molecule has 0 spiro atoms. The molecule has 4 rings (SSSR count). The van der Waals surface area contributed by atoms with Crippen molar-refractivity contribution in [1.82, 2.24) is 4.72 Å². The minimum atomic E-state index is -3.48. The molecule has 23 heavy (non-hydrogen) atoms. The van der Waals surface area contributed by atoms with Gasteiger partial charge >= 0.3 is 0 Å². The molecule has 1 atom stereocenters. The van der Waals surface area contributed by atoms with E-state index in [1.807, 2.05) is 36.4 Å². The van der Waals surface area contributed by atoms with Gasteiger partial charge in [0, 0.05) is 18.0 Å². The first-order valence-corrected chi connectivity index (χ1v) is 9.45. The third-order valence-corrected chi connectivity index (χ3v) is 6.12. The Bertz CT molecular complexity index is 845. The van der Waals surface area contributed by atoms with Crippen molar-refractivity contribution < 1.29 is 13.2 Å². The van der Waals surface area contributed by atoms with Crippen LogP contribution >= 0.6 is 0 Å². The Hall–Kier alpha value is -1.85. The number of sulfonamides is 1. The van der Waals surface area contributed by atoms with Gasteiger partial charge in [-0.3, -0.25) is 0 Å². The first-order valence-electron chi connectivity index (χ1n) is 7.97. The van der Waals surface area contributed by atoms with Gasteiger partial charge in [0.2, 0.25) is 10.0 Å². The van der Waals surface area contributed by atoms with E-state index >= 15 is 0 Å². The van der Waals surface area contributed by atoms with Crippen molar-refractivity contribution in [2.24, 2.45) is 0 Å². The fourth-order valence-electron chi connectivity index (χ4n) is 3.41. The van der Waals surface area contributed by atoms with Crippen LogP contribution in [0.1, 0.15) is 29.0 Å². The van der Waals surface area contributed by atoms with Crippen molar-refractivity contribution in [3.63, 3.8) is 0 Å². The van der Waals surface area contributed by atoms with Crippen LogP contribution in [0.2, 0.25) is 0 Å². The number of aryl methyl sites for hydroxylation is 2. The Kier molecular flexibility index (Phi) is 3.62. The van der Waals surface area contributed by atoms with E-state index in [0.717, 1.165) is 30.6 Å². The van der Waals surface area contributed by atoms with Gasteiger partial charge in [-0.25, -0.2) is 13.1 Å². The first-order chi connectivity index (χ1) is 11.1. The monoisotopic (exact) mass is 329 g/mol. The van der Waals surface area contributed by atoms with Crippen molar-refractivity contribution in [3.05, 3.63) is 59.2 Å². The topological polar surface area (TPSA) is 55.4 Å². The highest BCUT2D eigenvalue weighted by atomic mass is 32.2. The van der Waals surface area contributed by atoms with Gasteiger partial charge in [-0.05, 0) is 48.6 Å². The van der Waals surface area contributed by atoms with Gasteiger partial charge in [0.25, 0.3) is 0 Å². The maximum absolute atomic E-state index is 12.5. The molecule has 2 aromatic rings. The number of rotatable bonds is 4. The highest BCUT2D eigenvalue weighted by molar-refractivity contribution is 7.89.